The Morgan fingerprint density at radius 2 is 2.12 bits per heavy atom. The summed E-state index contributed by atoms with van der Waals surface area (Å²) in [6.07, 6.45) is 3.85. The van der Waals surface area contributed by atoms with Gasteiger partial charge in [0.05, 0.1) is 5.60 Å². The van der Waals surface area contributed by atoms with Crippen molar-refractivity contribution in [2.45, 2.75) is 64.6 Å². The molecule has 0 aromatic heterocycles. The molecule has 96 valence electrons. The Hall–Kier alpha value is -0.120. The van der Waals surface area contributed by atoms with Gasteiger partial charge >= 0.3 is 0 Å². The lowest BCUT2D eigenvalue weighted by molar-refractivity contribution is 0.00319. The smallest absolute Gasteiger partial charge is 0.0718 e. The maximum Gasteiger partial charge on any atom is 0.0718 e. The van der Waals surface area contributed by atoms with Gasteiger partial charge in [-0.05, 0) is 46.7 Å². The number of hydrogen-bond donors (Lipinski definition) is 2. The fraction of sp³-hybridized carbons (Fsp3) is 1.00. The minimum absolute atomic E-state index is 0.521. The summed E-state index contributed by atoms with van der Waals surface area (Å²) in [5, 5.41) is 13.4. The summed E-state index contributed by atoms with van der Waals surface area (Å²) in [5.41, 5.74) is -0.582. The van der Waals surface area contributed by atoms with Crippen LogP contribution >= 0.6 is 0 Å². The molecule has 1 rings (SSSR count). The average Bonchev–Trinajstić information content (AvgIpc) is 2.16. The van der Waals surface area contributed by atoms with Gasteiger partial charge in [-0.15, -0.1) is 0 Å². The van der Waals surface area contributed by atoms with Crippen LogP contribution in [0.4, 0.5) is 0 Å². The van der Waals surface area contributed by atoms with E-state index in [0.717, 1.165) is 19.6 Å². The van der Waals surface area contributed by atoms with Gasteiger partial charge in [-0.1, -0.05) is 13.3 Å². The highest BCUT2D eigenvalue weighted by Crippen LogP contribution is 2.21. The quantitative estimate of drug-likeness (QED) is 0.750. The van der Waals surface area contributed by atoms with Crippen molar-refractivity contribution in [2.24, 2.45) is 0 Å². The Morgan fingerprint density at radius 3 is 2.69 bits per heavy atom. The van der Waals surface area contributed by atoms with Crippen LogP contribution in [-0.4, -0.2) is 47.3 Å². The molecular weight excluding hydrogens is 200 g/mol. The predicted octanol–water partition coefficient (Wildman–Crippen LogP) is 1.61. The maximum absolute atomic E-state index is 9.94. The Bertz CT molecular complexity index is 201. The molecule has 0 radical (unpaired) electrons. The van der Waals surface area contributed by atoms with Crippen molar-refractivity contribution in [3.8, 4) is 0 Å². The molecule has 1 heterocycles. The first-order valence-corrected chi connectivity index (χ1v) is 6.64. The third-order valence-electron chi connectivity index (χ3n) is 3.36. The lowest BCUT2D eigenvalue weighted by Crippen LogP contribution is -2.54. The molecule has 2 N–H and O–H groups in total. The number of β-amino-alcohol motifs (C(OH)–C–C–N with tert-alkyl or cyclic N) is 1. The van der Waals surface area contributed by atoms with Crippen molar-refractivity contribution in [3.63, 3.8) is 0 Å². The molecule has 0 amide bonds. The molecule has 2 atom stereocenters. The van der Waals surface area contributed by atoms with Gasteiger partial charge < -0.3 is 10.4 Å². The second-order valence-electron chi connectivity index (χ2n) is 5.69. The number of likely N-dealkylation sites (N-methyl/N-ethyl adjacent to an activating group) is 1. The normalized spacial score (nSPS) is 25.7. The molecule has 0 saturated carbocycles. The monoisotopic (exact) mass is 228 g/mol. The molecule has 16 heavy (non-hydrogen) atoms. The zero-order chi connectivity index (χ0) is 12.2. The molecule has 3 heteroatoms. The Balaban J connectivity index is 2.56. The van der Waals surface area contributed by atoms with Crippen LogP contribution in [0.25, 0.3) is 0 Å². The molecular formula is C13H28N2O. The standard InChI is InChI=1S/C13H28N2O/c1-5-14-11(2)12-8-6-7-9-15(12)10-13(3,4)16/h11-12,14,16H,5-10H2,1-4H3. The summed E-state index contributed by atoms with van der Waals surface area (Å²) in [5.74, 6) is 0. The number of nitrogens with zero attached hydrogens (tertiary/aromatic N) is 1. The Labute approximate surface area is 100 Å². The molecule has 0 aliphatic carbocycles. The number of likely N-dealkylation sites (tertiary alicyclic amines) is 1. The van der Waals surface area contributed by atoms with E-state index in [4.69, 9.17) is 0 Å². The first-order chi connectivity index (χ1) is 7.44. The molecule has 0 bridgehead atoms. The van der Waals surface area contributed by atoms with E-state index in [-0.39, 0.29) is 0 Å². The van der Waals surface area contributed by atoms with E-state index in [1.165, 1.54) is 19.3 Å². The number of hydrogen-bond acceptors (Lipinski definition) is 3. The zero-order valence-corrected chi connectivity index (χ0v) is 11.3. The van der Waals surface area contributed by atoms with E-state index in [9.17, 15) is 5.11 Å². The molecule has 0 spiro atoms. The fourth-order valence-corrected chi connectivity index (χ4v) is 2.73. The van der Waals surface area contributed by atoms with Crippen molar-refractivity contribution in [1.82, 2.24) is 10.2 Å². The van der Waals surface area contributed by atoms with Crippen LogP contribution in [0.3, 0.4) is 0 Å². The van der Waals surface area contributed by atoms with Crippen LogP contribution in [0.1, 0.15) is 47.0 Å². The summed E-state index contributed by atoms with van der Waals surface area (Å²) >= 11 is 0. The van der Waals surface area contributed by atoms with Gasteiger partial charge in [-0.2, -0.15) is 0 Å². The lowest BCUT2D eigenvalue weighted by Gasteiger charge is -2.42. The highest BCUT2D eigenvalue weighted by Gasteiger charge is 2.30. The molecule has 0 aromatic rings. The van der Waals surface area contributed by atoms with Gasteiger partial charge in [0.1, 0.15) is 0 Å². The summed E-state index contributed by atoms with van der Waals surface area (Å²) in [6, 6.07) is 1.10. The minimum atomic E-state index is -0.582. The zero-order valence-electron chi connectivity index (χ0n) is 11.3. The molecule has 1 aliphatic rings. The van der Waals surface area contributed by atoms with E-state index in [2.05, 4.69) is 24.1 Å². The molecule has 0 aromatic carbocycles. The highest BCUT2D eigenvalue weighted by atomic mass is 16.3. The average molecular weight is 228 g/mol. The first kappa shape index (κ1) is 13.9. The van der Waals surface area contributed by atoms with Gasteiger partial charge in [-0.3, -0.25) is 4.90 Å². The van der Waals surface area contributed by atoms with Crippen molar-refractivity contribution in [1.29, 1.82) is 0 Å². The van der Waals surface area contributed by atoms with Gasteiger partial charge in [0.15, 0.2) is 0 Å². The van der Waals surface area contributed by atoms with E-state index in [0.29, 0.717) is 12.1 Å². The molecule has 1 saturated heterocycles. The third-order valence-corrected chi connectivity index (χ3v) is 3.36. The molecule has 1 aliphatic heterocycles. The predicted molar refractivity (Wildman–Crippen MR) is 68.6 cm³/mol. The maximum atomic E-state index is 9.94. The second kappa shape index (κ2) is 5.99. The van der Waals surface area contributed by atoms with E-state index >= 15 is 0 Å². The van der Waals surface area contributed by atoms with Crippen molar-refractivity contribution in [2.75, 3.05) is 19.6 Å². The summed E-state index contributed by atoms with van der Waals surface area (Å²) in [6.45, 7) is 11.1. The number of rotatable bonds is 5. The van der Waals surface area contributed by atoms with Crippen LogP contribution in [-0.2, 0) is 0 Å². The summed E-state index contributed by atoms with van der Waals surface area (Å²) < 4.78 is 0. The third kappa shape index (κ3) is 4.40. The number of piperidine rings is 1. The Morgan fingerprint density at radius 1 is 1.44 bits per heavy atom. The van der Waals surface area contributed by atoms with Crippen molar-refractivity contribution < 1.29 is 5.11 Å². The van der Waals surface area contributed by atoms with Crippen molar-refractivity contribution >= 4 is 0 Å². The van der Waals surface area contributed by atoms with Crippen LogP contribution in [0, 0.1) is 0 Å². The van der Waals surface area contributed by atoms with Crippen LogP contribution in [0.15, 0.2) is 0 Å². The molecule has 1 fully saturated rings. The second-order valence-corrected chi connectivity index (χ2v) is 5.69. The van der Waals surface area contributed by atoms with Crippen molar-refractivity contribution in [3.05, 3.63) is 0 Å². The summed E-state index contributed by atoms with van der Waals surface area (Å²) in [4.78, 5) is 2.46. The topological polar surface area (TPSA) is 35.5 Å². The highest BCUT2D eigenvalue weighted by molar-refractivity contribution is 4.87. The van der Waals surface area contributed by atoms with Gasteiger partial charge in [0, 0.05) is 18.6 Å². The van der Waals surface area contributed by atoms with Gasteiger partial charge in [0.25, 0.3) is 0 Å². The largest absolute Gasteiger partial charge is 0.389 e. The molecule has 2 unspecified atom stereocenters. The van der Waals surface area contributed by atoms with E-state index < -0.39 is 5.60 Å². The SMILES string of the molecule is CCNC(C)C1CCCCN1CC(C)(C)O. The van der Waals surface area contributed by atoms with Gasteiger partial charge in [0.2, 0.25) is 0 Å². The molecule has 3 nitrogen and oxygen atoms in total. The van der Waals surface area contributed by atoms with Crippen LogP contribution in [0.2, 0.25) is 0 Å². The first-order valence-electron chi connectivity index (χ1n) is 6.64. The fourth-order valence-electron chi connectivity index (χ4n) is 2.73. The Kier molecular flexibility index (Phi) is 5.22. The number of nitrogens with one attached hydrogen (secondary N) is 1. The number of aliphatic hydroxyl groups is 1. The summed E-state index contributed by atoms with van der Waals surface area (Å²) in [7, 11) is 0. The van der Waals surface area contributed by atoms with Gasteiger partial charge in [-0.25, -0.2) is 0 Å². The van der Waals surface area contributed by atoms with E-state index in [1.54, 1.807) is 0 Å². The van der Waals surface area contributed by atoms with E-state index in [1.807, 2.05) is 13.8 Å². The lowest BCUT2D eigenvalue weighted by atomic mass is 9.94. The minimum Gasteiger partial charge on any atom is -0.389 e. The van der Waals surface area contributed by atoms with Crippen LogP contribution < -0.4 is 5.32 Å². The van der Waals surface area contributed by atoms with Crippen LogP contribution in [0.5, 0.6) is 0 Å².